The van der Waals surface area contributed by atoms with Gasteiger partial charge in [0.25, 0.3) is 0 Å². The second kappa shape index (κ2) is 13.5. The van der Waals surface area contributed by atoms with Crippen molar-refractivity contribution in [2.45, 2.75) is 27.7 Å². The summed E-state index contributed by atoms with van der Waals surface area (Å²) in [6, 6.07) is 68.2. The molecule has 0 unspecified atom stereocenters. The van der Waals surface area contributed by atoms with Crippen molar-refractivity contribution in [3.8, 4) is 55.6 Å². The Morgan fingerprint density at radius 2 is 0.732 bits per heavy atom. The average molecular weight is 715 g/mol. The Kier molecular flexibility index (Phi) is 8.15. The van der Waals surface area contributed by atoms with E-state index in [2.05, 4.69) is 210 Å². The van der Waals surface area contributed by atoms with Crippen LogP contribution in [0.1, 0.15) is 22.3 Å². The molecular weight excluding hydrogens is 673 g/mol. The minimum Gasteiger partial charge on any atom is -0.0622 e. The summed E-state index contributed by atoms with van der Waals surface area (Å²) in [7, 11) is 0. The van der Waals surface area contributed by atoms with Crippen LogP contribution in [0, 0.1) is 27.7 Å². The molecular formula is C56H42. The Labute approximate surface area is 329 Å². The molecule has 0 radical (unpaired) electrons. The summed E-state index contributed by atoms with van der Waals surface area (Å²) >= 11 is 0. The van der Waals surface area contributed by atoms with Crippen molar-refractivity contribution in [2.75, 3.05) is 0 Å². The second-order valence-corrected chi connectivity index (χ2v) is 15.5. The summed E-state index contributed by atoms with van der Waals surface area (Å²) in [5.41, 5.74) is 17.4. The number of fused-ring (bicyclic) bond motifs is 4. The summed E-state index contributed by atoms with van der Waals surface area (Å²) in [5.74, 6) is 0. The number of aryl methyl sites for hydroxylation is 4. The summed E-state index contributed by atoms with van der Waals surface area (Å²) < 4.78 is 0. The van der Waals surface area contributed by atoms with Gasteiger partial charge in [-0.2, -0.15) is 0 Å². The predicted molar refractivity (Wildman–Crippen MR) is 243 cm³/mol. The van der Waals surface area contributed by atoms with E-state index in [9.17, 15) is 0 Å². The third-order valence-electron chi connectivity index (χ3n) is 11.9. The summed E-state index contributed by atoms with van der Waals surface area (Å²) in [4.78, 5) is 0. The largest absolute Gasteiger partial charge is 0.0622 e. The van der Waals surface area contributed by atoms with Crippen LogP contribution in [0.15, 0.2) is 182 Å². The molecule has 0 N–H and O–H groups in total. The van der Waals surface area contributed by atoms with Gasteiger partial charge in [-0.1, -0.05) is 163 Å². The number of hydrogen-bond acceptors (Lipinski definition) is 0. The van der Waals surface area contributed by atoms with Crippen molar-refractivity contribution >= 4 is 43.1 Å². The van der Waals surface area contributed by atoms with Gasteiger partial charge >= 0.3 is 0 Å². The molecule has 0 spiro atoms. The molecule has 266 valence electrons. The van der Waals surface area contributed by atoms with Crippen LogP contribution in [0.4, 0.5) is 0 Å². The first-order chi connectivity index (χ1) is 27.4. The SMILES string of the molecule is Cc1ccc(-c2cc(-c3ccccc3)c(-c3cc4ccccc4cc3C)c(-c3ccc(C)c4ccccc34)c2-c2ccc(C)c3cc4ccccc4cc23)cc1. The maximum atomic E-state index is 2.49. The molecule has 0 heteroatoms. The molecule has 10 aromatic rings. The van der Waals surface area contributed by atoms with Crippen LogP contribution in [-0.4, -0.2) is 0 Å². The van der Waals surface area contributed by atoms with Gasteiger partial charge in [-0.25, -0.2) is 0 Å². The van der Waals surface area contributed by atoms with Gasteiger partial charge in [-0.15, -0.1) is 0 Å². The molecule has 0 aromatic heterocycles. The zero-order valence-electron chi connectivity index (χ0n) is 32.3. The van der Waals surface area contributed by atoms with Crippen LogP contribution >= 0.6 is 0 Å². The molecule has 0 atom stereocenters. The highest BCUT2D eigenvalue weighted by atomic mass is 14.3. The monoisotopic (exact) mass is 714 g/mol. The fourth-order valence-corrected chi connectivity index (χ4v) is 9.00. The molecule has 0 nitrogen and oxygen atoms in total. The second-order valence-electron chi connectivity index (χ2n) is 15.5. The maximum Gasteiger partial charge on any atom is -0.000775 e. The first-order valence-corrected chi connectivity index (χ1v) is 19.7. The van der Waals surface area contributed by atoms with E-state index >= 15 is 0 Å². The topological polar surface area (TPSA) is 0 Å². The summed E-state index contributed by atoms with van der Waals surface area (Å²) in [6.07, 6.45) is 0. The molecule has 10 aromatic carbocycles. The lowest BCUT2D eigenvalue weighted by molar-refractivity contribution is 1.45. The molecule has 0 saturated heterocycles. The molecule has 0 bridgehead atoms. The molecule has 10 rings (SSSR count). The van der Waals surface area contributed by atoms with Crippen molar-refractivity contribution in [2.24, 2.45) is 0 Å². The first-order valence-electron chi connectivity index (χ1n) is 19.7. The van der Waals surface area contributed by atoms with Gasteiger partial charge in [0.05, 0.1) is 0 Å². The van der Waals surface area contributed by atoms with Crippen LogP contribution < -0.4 is 0 Å². The highest BCUT2D eigenvalue weighted by molar-refractivity contribution is 6.17. The fraction of sp³-hybridized carbons (Fsp3) is 0.0714. The van der Waals surface area contributed by atoms with E-state index in [-0.39, 0.29) is 0 Å². The summed E-state index contributed by atoms with van der Waals surface area (Å²) in [5, 5.41) is 10.1. The van der Waals surface area contributed by atoms with Gasteiger partial charge in [-0.05, 0) is 167 Å². The highest BCUT2D eigenvalue weighted by Crippen LogP contribution is 2.54. The fourth-order valence-electron chi connectivity index (χ4n) is 9.00. The van der Waals surface area contributed by atoms with Gasteiger partial charge in [0.2, 0.25) is 0 Å². The molecule has 0 heterocycles. The van der Waals surface area contributed by atoms with E-state index in [0.29, 0.717) is 0 Å². The Morgan fingerprint density at radius 3 is 1.39 bits per heavy atom. The number of hydrogen-bond donors (Lipinski definition) is 0. The van der Waals surface area contributed by atoms with Crippen LogP contribution in [-0.2, 0) is 0 Å². The highest BCUT2D eigenvalue weighted by Gasteiger charge is 2.27. The lowest BCUT2D eigenvalue weighted by Crippen LogP contribution is -2.01. The Bertz CT molecular complexity index is 3140. The standard InChI is InChI=1S/C56H42/c1-35-22-26-40(27-23-35)52-34-51(39-14-6-5-7-15-39)55(50-32-43-18-9-8-16-41(43)30-38(50)4)56(47-28-24-36(2)45-20-12-13-21-46(45)47)54(52)48-29-25-37(3)49-31-42-17-10-11-19-44(42)33-53(48)49/h5-34H,1-4H3. The average Bonchev–Trinajstić information content (AvgIpc) is 3.23. The van der Waals surface area contributed by atoms with Crippen molar-refractivity contribution in [3.05, 3.63) is 204 Å². The van der Waals surface area contributed by atoms with Gasteiger partial charge in [0, 0.05) is 0 Å². The van der Waals surface area contributed by atoms with E-state index in [1.54, 1.807) is 0 Å². The van der Waals surface area contributed by atoms with E-state index in [1.165, 1.54) is 121 Å². The van der Waals surface area contributed by atoms with Crippen LogP contribution in [0.2, 0.25) is 0 Å². The number of benzene rings is 10. The molecule has 0 amide bonds. The van der Waals surface area contributed by atoms with Crippen LogP contribution in [0.25, 0.3) is 98.7 Å². The van der Waals surface area contributed by atoms with E-state index in [1.807, 2.05) is 0 Å². The molecule has 0 aliphatic rings. The van der Waals surface area contributed by atoms with Gasteiger partial charge < -0.3 is 0 Å². The van der Waals surface area contributed by atoms with Crippen molar-refractivity contribution in [1.29, 1.82) is 0 Å². The molecule has 0 fully saturated rings. The van der Waals surface area contributed by atoms with Gasteiger partial charge in [0.15, 0.2) is 0 Å². The summed E-state index contributed by atoms with van der Waals surface area (Å²) in [6.45, 7) is 8.94. The normalized spacial score (nSPS) is 11.6. The zero-order chi connectivity index (χ0) is 37.9. The van der Waals surface area contributed by atoms with Crippen molar-refractivity contribution in [3.63, 3.8) is 0 Å². The lowest BCUT2D eigenvalue weighted by Gasteiger charge is -2.27. The smallest absolute Gasteiger partial charge is 0.000775 e. The zero-order valence-corrected chi connectivity index (χ0v) is 32.3. The van der Waals surface area contributed by atoms with Gasteiger partial charge in [-0.3, -0.25) is 0 Å². The Morgan fingerprint density at radius 1 is 0.250 bits per heavy atom. The lowest BCUT2D eigenvalue weighted by atomic mass is 9.76. The molecule has 0 aliphatic heterocycles. The first kappa shape index (κ1) is 33.8. The Hall–Kier alpha value is -6.76. The minimum atomic E-state index is 1.20. The third-order valence-corrected chi connectivity index (χ3v) is 11.9. The van der Waals surface area contributed by atoms with Crippen molar-refractivity contribution < 1.29 is 0 Å². The predicted octanol–water partition coefficient (Wildman–Crippen LogP) is 15.9. The van der Waals surface area contributed by atoms with E-state index in [0.717, 1.165) is 0 Å². The van der Waals surface area contributed by atoms with Crippen LogP contribution in [0.5, 0.6) is 0 Å². The van der Waals surface area contributed by atoms with E-state index < -0.39 is 0 Å². The van der Waals surface area contributed by atoms with E-state index in [4.69, 9.17) is 0 Å². The molecule has 0 aliphatic carbocycles. The third kappa shape index (κ3) is 5.61. The maximum absolute atomic E-state index is 2.49. The van der Waals surface area contributed by atoms with Crippen molar-refractivity contribution in [1.82, 2.24) is 0 Å². The quantitative estimate of drug-likeness (QED) is 0.156. The molecule has 56 heavy (non-hydrogen) atoms. The Balaban J connectivity index is 1.49. The minimum absolute atomic E-state index is 1.20. The number of rotatable bonds is 5. The molecule has 0 saturated carbocycles. The van der Waals surface area contributed by atoms with Crippen LogP contribution in [0.3, 0.4) is 0 Å². The van der Waals surface area contributed by atoms with Gasteiger partial charge in [0.1, 0.15) is 0 Å².